The summed E-state index contributed by atoms with van der Waals surface area (Å²) in [6, 6.07) is 9.27. The highest BCUT2D eigenvalue weighted by atomic mass is 31.2. The maximum absolute atomic E-state index is 12.3. The number of carbonyl (C=O) groups is 2. The highest BCUT2D eigenvalue weighted by Crippen LogP contribution is 2.47. The van der Waals surface area contributed by atoms with E-state index in [2.05, 4.69) is 0 Å². The van der Waals surface area contributed by atoms with E-state index in [0.29, 0.717) is 6.42 Å². The van der Waals surface area contributed by atoms with E-state index in [1.54, 1.807) is 13.3 Å². The van der Waals surface area contributed by atoms with Gasteiger partial charge in [0, 0.05) is 18.7 Å². The molecule has 2 unspecified atom stereocenters. The Morgan fingerprint density at radius 3 is 2.48 bits per heavy atom. The summed E-state index contributed by atoms with van der Waals surface area (Å²) >= 11 is 0. The van der Waals surface area contributed by atoms with Crippen LogP contribution in [-0.4, -0.2) is 54.1 Å². The smallest absolute Gasteiger partial charge is 0.410 e. The molecule has 1 aromatic carbocycles. The number of rotatable bonds is 4. The third-order valence-corrected chi connectivity index (χ3v) is 6.25. The second kappa shape index (κ2) is 7.18. The average molecular weight is 339 g/mol. The van der Waals surface area contributed by atoms with Crippen LogP contribution in [-0.2, 0) is 20.7 Å². The number of likely N-dealkylation sites (tertiary alicyclic amines) is 1. The van der Waals surface area contributed by atoms with Gasteiger partial charge in [0.05, 0.1) is 13.1 Å². The summed E-state index contributed by atoms with van der Waals surface area (Å²) < 4.78 is 17.6. The van der Waals surface area contributed by atoms with Crippen molar-refractivity contribution in [2.45, 2.75) is 18.7 Å². The Hall–Kier alpha value is -1.81. The lowest BCUT2D eigenvalue weighted by Gasteiger charge is -2.37. The number of ether oxygens (including phenoxy) is 1. The fraction of sp³-hybridized carbons (Fsp3) is 0.500. The van der Waals surface area contributed by atoms with Crippen molar-refractivity contribution in [3.63, 3.8) is 0 Å². The van der Waals surface area contributed by atoms with E-state index in [4.69, 9.17) is 4.74 Å². The molecule has 7 heteroatoms. The highest BCUT2D eigenvalue weighted by molar-refractivity contribution is 7.63. The van der Waals surface area contributed by atoms with E-state index in [9.17, 15) is 19.3 Å². The van der Waals surface area contributed by atoms with Gasteiger partial charge in [-0.15, -0.1) is 0 Å². The van der Waals surface area contributed by atoms with E-state index in [1.807, 2.05) is 30.3 Å². The largest absolute Gasteiger partial charge is 0.481 e. The fourth-order valence-electron chi connectivity index (χ4n) is 2.66. The number of carbonyl (C=O) groups excluding carboxylic acids is 1. The molecule has 0 spiro atoms. The monoisotopic (exact) mass is 339 g/mol. The summed E-state index contributed by atoms with van der Waals surface area (Å²) in [7, 11) is -2.49. The number of hydrogen-bond donors (Lipinski definition) is 1. The normalized spacial score (nSPS) is 21.7. The number of amides is 1. The molecule has 1 aromatic rings. The molecule has 0 aromatic heterocycles. The Morgan fingerprint density at radius 1 is 1.26 bits per heavy atom. The number of benzene rings is 1. The van der Waals surface area contributed by atoms with Crippen LogP contribution in [0.4, 0.5) is 4.79 Å². The van der Waals surface area contributed by atoms with Gasteiger partial charge in [-0.1, -0.05) is 30.3 Å². The van der Waals surface area contributed by atoms with E-state index < -0.39 is 25.1 Å². The van der Waals surface area contributed by atoms with Gasteiger partial charge < -0.3 is 19.3 Å². The second-order valence-electron chi connectivity index (χ2n) is 6.30. The standard InChI is InChI=1S/C16H22NO5P/c1-23(2,21)14-8-13(15(18)19)9-17(10-14)16(20)22-11-12-6-4-3-5-7-12/h3-7,13-14H,8-11H2,1-2H3,(H,18,19). The summed E-state index contributed by atoms with van der Waals surface area (Å²) in [6.07, 6.45) is -0.222. The third kappa shape index (κ3) is 4.83. The molecule has 126 valence electrons. The fourth-order valence-corrected chi connectivity index (χ4v) is 4.01. The minimum absolute atomic E-state index is 0.0967. The highest BCUT2D eigenvalue weighted by Gasteiger charge is 2.39. The maximum Gasteiger partial charge on any atom is 0.410 e. The molecule has 1 aliphatic rings. The Kier molecular flexibility index (Phi) is 5.47. The topological polar surface area (TPSA) is 83.9 Å². The first-order chi connectivity index (χ1) is 10.8. The molecule has 23 heavy (non-hydrogen) atoms. The van der Waals surface area contributed by atoms with Crippen molar-refractivity contribution < 1.29 is 24.0 Å². The lowest BCUT2D eigenvalue weighted by molar-refractivity contribution is -0.143. The summed E-state index contributed by atoms with van der Waals surface area (Å²) in [6.45, 7) is 3.78. The number of nitrogens with zero attached hydrogens (tertiary/aromatic N) is 1. The van der Waals surface area contributed by atoms with E-state index in [1.165, 1.54) is 4.90 Å². The van der Waals surface area contributed by atoms with Crippen LogP contribution in [0.2, 0.25) is 0 Å². The van der Waals surface area contributed by atoms with E-state index in [0.717, 1.165) is 5.56 Å². The van der Waals surface area contributed by atoms with Gasteiger partial charge in [-0.3, -0.25) is 4.79 Å². The van der Waals surface area contributed by atoms with Crippen molar-refractivity contribution in [3.05, 3.63) is 35.9 Å². The van der Waals surface area contributed by atoms with Gasteiger partial charge in [-0.2, -0.15) is 0 Å². The average Bonchev–Trinajstić information content (AvgIpc) is 2.52. The Bertz CT molecular complexity index is 612. The van der Waals surface area contributed by atoms with Crippen LogP contribution in [0.15, 0.2) is 30.3 Å². The predicted molar refractivity (Wildman–Crippen MR) is 87.2 cm³/mol. The molecular formula is C16H22NO5P. The van der Waals surface area contributed by atoms with Gasteiger partial charge in [0.1, 0.15) is 6.61 Å². The van der Waals surface area contributed by atoms with Gasteiger partial charge in [0.25, 0.3) is 0 Å². The summed E-state index contributed by atoms with van der Waals surface area (Å²) in [5, 5.41) is 9.26. The van der Waals surface area contributed by atoms with Crippen LogP contribution in [0.1, 0.15) is 12.0 Å². The first-order valence-electron chi connectivity index (χ1n) is 7.50. The first-order valence-corrected chi connectivity index (χ1v) is 10.2. The molecule has 1 N–H and O–H groups in total. The van der Waals surface area contributed by atoms with Gasteiger partial charge in [-0.25, -0.2) is 4.79 Å². The minimum Gasteiger partial charge on any atom is -0.481 e. The molecule has 2 rings (SSSR count). The van der Waals surface area contributed by atoms with Gasteiger partial charge in [0.2, 0.25) is 0 Å². The molecule has 1 amide bonds. The predicted octanol–water partition coefficient (Wildman–Crippen LogP) is 2.72. The zero-order valence-corrected chi connectivity index (χ0v) is 14.2. The van der Waals surface area contributed by atoms with Gasteiger partial charge >= 0.3 is 12.1 Å². The number of hydrogen-bond acceptors (Lipinski definition) is 4. The van der Waals surface area contributed by atoms with Crippen molar-refractivity contribution in [2.24, 2.45) is 5.92 Å². The summed E-state index contributed by atoms with van der Waals surface area (Å²) in [5.74, 6) is -1.67. The van der Waals surface area contributed by atoms with Crippen LogP contribution in [0.25, 0.3) is 0 Å². The number of aliphatic carboxylic acids is 1. The molecule has 1 aliphatic heterocycles. The third-order valence-electron chi connectivity index (χ3n) is 4.12. The molecule has 6 nitrogen and oxygen atoms in total. The number of piperidine rings is 1. The molecule has 0 bridgehead atoms. The zero-order valence-electron chi connectivity index (χ0n) is 13.3. The van der Waals surface area contributed by atoms with Crippen LogP contribution in [0.3, 0.4) is 0 Å². The van der Waals surface area contributed by atoms with E-state index in [-0.39, 0.29) is 25.4 Å². The van der Waals surface area contributed by atoms with Crippen molar-refractivity contribution >= 4 is 19.2 Å². The van der Waals surface area contributed by atoms with Crippen LogP contribution >= 0.6 is 7.14 Å². The van der Waals surface area contributed by atoms with Gasteiger partial charge in [0.15, 0.2) is 0 Å². The second-order valence-corrected chi connectivity index (χ2v) is 9.90. The molecule has 1 saturated heterocycles. The molecule has 2 atom stereocenters. The molecular weight excluding hydrogens is 317 g/mol. The first kappa shape index (κ1) is 17.5. The van der Waals surface area contributed by atoms with Crippen molar-refractivity contribution in [1.29, 1.82) is 0 Å². The summed E-state index contributed by atoms with van der Waals surface area (Å²) in [4.78, 5) is 24.9. The quantitative estimate of drug-likeness (QED) is 0.853. The maximum atomic E-state index is 12.3. The Morgan fingerprint density at radius 2 is 1.91 bits per heavy atom. The van der Waals surface area contributed by atoms with Crippen molar-refractivity contribution in [2.75, 3.05) is 26.4 Å². The minimum atomic E-state index is -2.49. The van der Waals surface area contributed by atoms with Crippen LogP contribution in [0, 0.1) is 5.92 Å². The molecule has 0 radical (unpaired) electrons. The lowest BCUT2D eigenvalue weighted by Crippen LogP contribution is -2.48. The molecule has 0 saturated carbocycles. The lowest BCUT2D eigenvalue weighted by atomic mass is 9.98. The van der Waals surface area contributed by atoms with Crippen LogP contribution in [0.5, 0.6) is 0 Å². The number of carboxylic acid groups (broad SMARTS) is 1. The Balaban J connectivity index is 2.02. The molecule has 1 heterocycles. The Labute approximate surface area is 135 Å². The number of carboxylic acids is 1. The van der Waals surface area contributed by atoms with Crippen molar-refractivity contribution in [1.82, 2.24) is 4.90 Å². The zero-order chi connectivity index (χ0) is 17.0. The van der Waals surface area contributed by atoms with Crippen molar-refractivity contribution in [3.8, 4) is 0 Å². The SMILES string of the molecule is CP(C)(=O)C1CC(C(=O)O)CN(C(=O)OCc2ccccc2)C1. The van der Waals surface area contributed by atoms with E-state index >= 15 is 0 Å². The summed E-state index contributed by atoms with van der Waals surface area (Å²) in [5.41, 5.74) is 0.558. The van der Waals surface area contributed by atoms with Gasteiger partial charge in [-0.05, 0) is 25.3 Å². The molecule has 0 aliphatic carbocycles. The molecule has 1 fully saturated rings. The van der Waals surface area contributed by atoms with Crippen LogP contribution < -0.4 is 0 Å².